The minimum absolute atomic E-state index is 0.124. The summed E-state index contributed by atoms with van der Waals surface area (Å²) in [6, 6.07) is 4.67. The lowest BCUT2D eigenvalue weighted by molar-refractivity contribution is -0.384. The second-order valence-electron chi connectivity index (χ2n) is 3.22. The molecule has 7 heteroatoms. The molecule has 17 heavy (non-hydrogen) atoms. The highest BCUT2D eigenvalue weighted by Gasteiger charge is 2.17. The molecule has 0 saturated heterocycles. The van der Waals surface area contributed by atoms with Gasteiger partial charge < -0.3 is 5.73 Å². The maximum Gasteiger partial charge on any atom is 0.311 e. The van der Waals surface area contributed by atoms with E-state index in [9.17, 15) is 10.1 Å². The fourth-order valence-electron chi connectivity index (χ4n) is 1.37. The number of nitrogens with zero attached hydrogens (tertiary/aromatic N) is 3. The Morgan fingerprint density at radius 1 is 1.35 bits per heavy atom. The van der Waals surface area contributed by atoms with Gasteiger partial charge in [-0.25, -0.2) is 4.98 Å². The Morgan fingerprint density at radius 3 is 2.59 bits per heavy atom. The van der Waals surface area contributed by atoms with Gasteiger partial charge >= 0.3 is 5.69 Å². The third-order valence-electron chi connectivity index (χ3n) is 2.17. The first-order chi connectivity index (χ1) is 8.09. The van der Waals surface area contributed by atoms with Crippen LogP contribution in [0.4, 0.5) is 11.5 Å². The summed E-state index contributed by atoms with van der Waals surface area (Å²) < 4.78 is 0. The fourth-order valence-corrected chi connectivity index (χ4v) is 1.63. The van der Waals surface area contributed by atoms with E-state index in [4.69, 9.17) is 17.3 Å². The van der Waals surface area contributed by atoms with Crippen molar-refractivity contribution in [2.24, 2.45) is 0 Å². The molecule has 0 aromatic carbocycles. The summed E-state index contributed by atoms with van der Waals surface area (Å²) in [7, 11) is 0. The van der Waals surface area contributed by atoms with E-state index in [0.717, 1.165) is 0 Å². The lowest BCUT2D eigenvalue weighted by atomic mass is 10.1. The van der Waals surface area contributed by atoms with Crippen LogP contribution in [0.5, 0.6) is 0 Å². The summed E-state index contributed by atoms with van der Waals surface area (Å²) in [5.74, 6) is -0.196. The van der Waals surface area contributed by atoms with Crippen LogP contribution in [0, 0.1) is 10.1 Å². The van der Waals surface area contributed by atoms with Crippen molar-refractivity contribution >= 4 is 23.1 Å². The van der Waals surface area contributed by atoms with E-state index in [1.807, 2.05) is 0 Å². The molecule has 2 rings (SSSR count). The Bertz CT molecular complexity index is 574. The Labute approximate surface area is 101 Å². The molecule has 6 nitrogen and oxygen atoms in total. The zero-order chi connectivity index (χ0) is 12.4. The number of halogens is 1. The van der Waals surface area contributed by atoms with E-state index >= 15 is 0 Å². The minimum Gasteiger partial charge on any atom is -0.378 e. The maximum atomic E-state index is 10.7. The monoisotopic (exact) mass is 250 g/mol. The molecule has 0 aliphatic heterocycles. The Morgan fingerprint density at radius 2 is 2.00 bits per heavy atom. The van der Waals surface area contributed by atoms with Gasteiger partial charge in [0.25, 0.3) is 0 Å². The molecule has 0 bridgehead atoms. The molecule has 0 atom stereocenters. The second kappa shape index (κ2) is 4.34. The molecular formula is C10H7ClN4O2. The van der Waals surface area contributed by atoms with Crippen molar-refractivity contribution in [1.29, 1.82) is 0 Å². The fraction of sp³-hybridized carbons (Fsp3) is 0. The van der Waals surface area contributed by atoms with Crippen molar-refractivity contribution in [3.63, 3.8) is 0 Å². The van der Waals surface area contributed by atoms with Crippen LogP contribution < -0.4 is 5.73 Å². The largest absolute Gasteiger partial charge is 0.378 e. The summed E-state index contributed by atoms with van der Waals surface area (Å²) >= 11 is 5.91. The first-order valence-corrected chi connectivity index (χ1v) is 4.98. The number of nitro groups is 1. The van der Waals surface area contributed by atoms with Crippen LogP contribution in [0.1, 0.15) is 0 Å². The number of pyridine rings is 2. The second-order valence-corrected chi connectivity index (χ2v) is 3.58. The standard InChI is InChI=1S/C10H7ClN4O2/c11-9-7(6-1-3-13-4-2-6)5-8(15(16)17)10(12)14-9/h1-5H,(H2,12,14). The summed E-state index contributed by atoms with van der Waals surface area (Å²) in [6.45, 7) is 0. The molecule has 0 amide bonds. The van der Waals surface area contributed by atoms with Crippen molar-refractivity contribution in [1.82, 2.24) is 9.97 Å². The third kappa shape index (κ3) is 2.16. The smallest absolute Gasteiger partial charge is 0.311 e. The van der Waals surface area contributed by atoms with Gasteiger partial charge in [-0.05, 0) is 17.7 Å². The average molecular weight is 251 g/mol. The van der Waals surface area contributed by atoms with Crippen molar-refractivity contribution in [2.75, 3.05) is 5.73 Å². The van der Waals surface area contributed by atoms with Gasteiger partial charge in [0.05, 0.1) is 4.92 Å². The van der Waals surface area contributed by atoms with Crippen molar-refractivity contribution in [3.05, 3.63) is 45.9 Å². The van der Waals surface area contributed by atoms with Crippen LogP contribution in [0.2, 0.25) is 5.15 Å². The third-order valence-corrected chi connectivity index (χ3v) is 2.46. The highest BCUT2D eigenvalue weighted by molar-refractivity contribution is 6.32. The summed E-state index contributed by atoms with van der Waals surface area (Å²) in [5.41, 5.74) is 6.31. The first-order valence-electron chi connectivity index (χ1n) is 4.60. The van der Waals surface area contributed by atoms with Crippen LogP contribution in [0.3, 0.4) is 0 Å². The number of rotatable bonds is 2. The Kier molecular flexibility index (Phi) is 2.88. The number of aromatic nitrogens is 2. The van der Waals surface area contributed by atoms with E-state index < -0.39 is 4.92 Å². The summed E-state index contributed by atoms with van der Waals surface area (Å²) in [4.78, 5) is 17.8. The molecule has 2 aromatic rings. The van der Waals surface area contributed by atoms with Gasteiger partial charge in [-0.1, -0.05) is 11.6 Å². The zero-order valence-corrected chi connectivity index (χ0v) is 9.26. The molecule has 2 N–H and O–H groups in total. The van der Waals surface area contributed by atoms with Gasteiger partial charge in [0.1, 0.15) is 5.15 Å². The SMILES string of the molecule is Nc1nc(Cl)c(-c2ccncc2)cc1[N+](=O)[O-]. The van der Waals surface area contributed by atoms with E-state index in [2.05, 4.69) is 9.97 Å². The normalized spacial score (nSPS) is 10.2. The first kappa shape index (κ1) is 11.3. The summed E-state index contributed by atoms with van der Waals surface area (Å²) in [6.07, 6.45) is 3.13. The molecule has 2 aromatic heterocycles. The average Bonchev–Trinajstić information content (AvgIpc) is 2.29. The number of hydrogen-bond acceptors (Lipinski definition) is 5. The highest BCUT2D eigenvalue weighted by Crippen LogP contribution is 2.32. The number of anilines is 1. The van der Waals surface area contributed by atoms with Gasteiger partial charge in [-0.2, -0.15) is 0 Å². The molecule has 0 unspecified atom stereocenters. The summed E-state index contributed by atoms with van der Waals surface area (Å²) in [5, 5.41) is 10.9. The molecule has 2 heterocycles. The number of nitrogen functional groups attached to an aromatic ring is 1. The van der Waals surface area contributed by atoms with Crippen molar-refractivity contribution < 1.29 is 4.92 Å². The highest BCUT2D eigenvalue weighted by atomic mass is 35.5. The lowest BCUT2D eigenvalue weighted by Crippen LogP contribution is -1.99. The maximum absolute atomic E-state index is 10.7. The molecule has 0 spiro atoms. The molecule has 86 valence electrons. The van der Waals surface area contributed by atoms with Gasteiger partial charge in [0, 0.05) is 24.0 Å². The van der Waals surface area contributed by atoms with Crippen LogP contribution in [-0.4, -0.2) is 14.9 Å². The lowest BCUT2D eigenvalue weighted by Gasteiger charge is -2.04. The molecular weight excluding hydrogens is 244 g/mol. The predicted molar refractivity (Wildman–Crippen MR) is 63.5 cm³/mol. The van der Waals surface area contributed by atoms with Crippen LogP contribution in [-0.2, 0) is 0 Å². The predicted octanol–water partition coefficient (Wildman–Crippen LogP) is 2.29. The Balaban J connectivity index is 2.63. The van der Waals surface area contributed by atoms with Crippen molar-refractivity contribution in [2.45, 2.75) is 0 Å². The van der Waals surface area contributed by atoms with Gasteiger partial charge in [-0.3, -0.25) is 15.1 Å². The molecule has 0 fully saturated rings. The molecule has 0 radical (unpaired) electrons. The van der Waals surface area contributed by atoms with E-state index in [0.29, 0.717) is 11.1 Å². The topological polar surface area (TPSA) is 94.9 Å². The van der Waals surface area contributed by atoms with Crippen LogP contribution in [0.15, 0.2) is 30.6 Å². The Hall–Kier alpha value is -2.21. The zero-order valence-electron chi connectivity index (χ0n) is 8.50. The molecule has 0 aliphatic carbocycles. The van der Waals surface area contributed by atoms with Gasteiger partial charge in [0.2, 0.25) is 5.82 Å². The number of nitrogens with two attached hydrogens (primary N) is 1. The van der Waals surface area contributed by atoms with Crippen LogP contribution >= 0.6 is 11.6 Å². The quantitative estimate of drug-likeness (QED) is 0.501. The van der Waals surface area contributed by atoms with E-state index in [1.165, 1.54) is 6.07 Å². The molecule has 0 saturated carbocycles. The number of hydrogen-bond donors (Lipinski definition) is 1. The van der Waals surface area contributed by atoms with Crippen LogP contribution in [0.25, 0.3) is 11.1 Å². The van der Waals surface area contributed by atoms with E-state index in [1.54, 1.807) is 24.5 Å². The van der Waals surface area contributed by atoms with Crippen molar-refractivity contribution in [3.8, 4) is 11.1 Å². The molecule has 0 aliphatic rings. The minimum atomic E-state index is -0.594. The van der Waals surface area contributed by atoms with Gasteiger partial charge in [-0.15, -0.1) is 0 Å². The van der Waals surface area contributed by atoms with Gasteiger partial charge in [0.15, 0.2) is 0 Å². The van der Waals surface area contributed by atoms with E-state index in [-0.39, 0.29) is 16.7 Å².